The highest BCUT2D eigenvalue weighted by Crippen LogP contribution is 2.22. The van der Waals surface area contributed by atoms with Crippen LogP contribution in [0.25, 0.3) is 0 Å². The van der Waals surface area contributed by atoms with Crippen molar-refractivity contribution in [2.24, 2.45) is 0 Å². The molecule has 0 aromatic rings. The zero-order chi connectivity index (χ0) is 6.97. The minimum absolute atomic E-state index is 0.130. The summed E-state index contributed by atoms with van der Waals surface area (Å²) in [6.45, 7) is 4.86. The van der Waals surface area contributed by atoms with Gasteiger partial charge < -0.3 is 0 Å². The third-order valence-corrected chi connectivity index (χ3v) is 2.60. The summed E-state index contributed by atoms with van der Waals surface area (Å²) in [6, 6.07) is 0. The van der Waals surface area contributed by atoms with E-state index in [2.05, 4.69) is 9.80 Å². The van der Waals surface area contributed by atoms with E-state index in [1.54, 1.807) is 0 Å². The second-order valence-corrected chi connectivity index (χ2v) is 3.60. The molecule has 0 aromatic carbocycles. The summed E-state index contributed by atoms with van der Waals surface area (Å²) < 4.78 is 10.4. The molecule has 2 saturated heterocycles. The molecule has 2 rings (SSSR count). The second kappa shape index (κ2) is 2.57. The van der Waals surface area contributed by atoms with E-state index in [4.69, 9.17) is 0 Å². The molecular weight excluding hydrogens is 147 g/mol. The first-order valence-electron chi connectivity index (χ1n) is 3.75. The SMILES string of the molecule is O=[PH+]CC(N1CC1)N1CC1. The zero-order valence-electron chi connectivity index (χ0n) is 5.92. The van der Waals surface area contributed by atoms with Crippen molar-refractivity contribution in [3.05, 3.63) is 0 Å². The summed E-state index contributed by atoms with van der Waals surface area (Å²) in [5, 5.41) is 0. The largest absolute Gasteiger partial charge is 0.327 e. The molecule has 10 heavy (non-hydrogen) atoms. The van der Waals surface area contributed by atoms with Crippen LogP contribution in [0.4, 0.5) is 0 Å². The summed E-state index contributed by atoms with van der Waals surface area (Å²) in [7, 11) is -0.130. The third kappa shape index (κ3) is 1.36. The average Bonchev–Trinajstić information content (AvgIpc) is 2.77. The number of hydrogen-bond acceptors (Lipinski definition) is 3. The van der Waals surface area contributed by atoms with Gasteiger partial charge in [-0.05, 0) is 0 Å². The lowest BCUT2D eigenvalue weighted by molar-refractivity contribution is 0.275. The van der Waals surface area contributed by atoms with Crippen molar-refractivity contribution < 1.29 is 4.57 Å². The third-order valence-electron chi connectivity index (χ3n) is 2.07. The van der Waals surface area contributed by atoms with Crippen LogP contribution < -0.4 is 0 Å². The van der Waals surface area contributed by atoms with Crippen LogP contribution in [0, 0.1) is 0 Å². The van der Waals surface area contributed by atoms with Crippen molar-refractivity contribution in [3.8, 4) is 0 Å². The van der Waals surface area contributed by atoms with Crippen LogP contribution in [0.15, 0.2) is 0 Å². The molecule has 0 saturated carbocycles. The molecule has 0 bridgehead atoms. The molecule has 56 valence electrons. The standard InChI is InChI=1S/C6H11N2OP/c9-10-5-6(7-1-2-7)8-3-4-8/h6H,1-5H2/p+1. The van der Waals surface area contributed by atoms with Crippen LogP contribution >= 0.6 is 8.46 Å². The predicted molar refractivity (Wildman–Crippen MR) is 40.8 cm³/mol. The lowest BCUT2D eigenvalue weighted by Crippen LogP contribution is -2.29. The van der Waals surface area contributed by atoms with Crippen molar-refractivity contribution in [1.29, 1.82) is 0 Å². The van der Waals surface area contributed by atoms with Crippen molar-refractivity contribution in [2.45, 2.75) is 6.17 Å². The lowest BCUT2D eigenvalue weighted by Gasteiger charge is -2.11. The summed E-state index contributed by atoms with van der Waals surface area (Å²) in [5.74, 6) is 0. The number of hydrogen-bond donors (Lipinski definition) is 0. The van der Waals surface area contributed by atoms with Gasteiger partial charge >= 0.3 is 8.46 Å². The van der Waals surface area contributed by atoms with Crippen molar-refractivity contribution >= 4 is 8.46 Å². The average molecular weight is 159 g/mol. The van der Waals surface area contributed by atoms with Gasteiger partial charge in [0.15, 0.2) is 6.16 Å². The maximum Gasteiger partial charge on any atom is 0.327 e. The molecule has 3 nitrogen and oxygen atoms in total. The Kier molecular flexibility index (Phi) is 1.73. The quantitative estimate of drug-likeness (QED) is 0.425. The van der Waals surface area contributed by atoms with Gasteiger partial charge in [-0.25, -0.2) is 0 Å². The molecule has 0 amide bonds. The van der Waals surface area contributed by atoms with Crippen LogP contribution in [0.2, 0.25) is 0 Å². The maximum absolute atomic E-state index is 10.4. The normalized spacial score (nSPS) is 26.1. The Morgan fingerprint density at radius 3 is 2.00 bits per heavy atom. The Labute approximate surface area is 62.2 Å². The fourth-order valence-electron chi connectivity index (χ4n) is 1.28. The molecule has 1 unspecified atom stereocenters. The van der Waals surface area contributed by atoms with Gasteiger partial charge in [-0.1, -0.05) is 4.57 Å². The summed E-state index contributed by atoms with van der Waals surface area (Å²) in [6.07, 6.45) is 1.37. The molecule has 0 N–H and O–H groups in total. The highest BCUT2D eigenvalue weighted by atomic mass is 31.1. The molecule has 2 aliphatic heterocycles. The van der Waals surface area contributed by atoms with Crippen molar-refractivity contribution in [1.82, 2.24) is 9.80 Å². The topological polar surface area (TPSA) is 23.1 Å². The van der Waals surface area contributed by atoms with Gasteiger partial charge in [0.1, 0.15) is 6.17 Å². The molecule has 0 radical (unpaired) electrons. The van der Waals surface area contributed by atoms with Gasteiger partial charge in [-0.3, -0.25) is 9.80 Å². The van der Waals surface area contributed by atoms with Gasteiger partial charge in [-0.15, -0.1) is 0 Å². The molecule has 0 spiro atoms. The molecule has 4 heteroatoms. The fourth-order valence-corrected chi connectivity index (χ4v) is 1.94. The van der Waals surface area contributed by atoms with Crippen LogP contribution in [0.3, 0.4) is 0 Å². The fraction of sp³-hybridized carbons (Fsp3) is 1.00. The molecular formula is C6H12N2OP+. The van der Waals surface area contributed by atoms with E-state index in [0.717, 1.165) is 6.16 Å². The predicted octanol–water partition coefficient (Wildman–Crippen LogP) is -0.0323. The van der Waals surface area contributed by atoms with Gasteiger partial charge in [0, 0.05) is 26.2 Å². The lowest BCUT2D eigenvalue weighted by atomic mass is 10.5. The van der Waals surface area contributed by atoms with E-state index in [-0.39, 0.29) is 8.46 Å². The van der Waals surface area contributed by atoms with E-state index in [1.165, 1.54) is 26.2 Å². The first-order chi connectivity index (χ1) is 4.92. The number of rotatable bonds is 4. The zero-order valence-corrected chi connectivity index (χ0v) is 6.92. The van der Waals surface area contributed by atoms with E-state index < -0.39 is 0 Å². The molecule has 0 aromatic heterocycles. The Hall–Kier alpha value is 0.0200. The van der Waals surface area contributed by atoms with Gasteiger partial charge in [0.25, 0.3) is 0 Å². The molecule has 1 atom stereocenters. The van der Waals surface area contributed by atoms with E-state index in [9.17, 15) is 4.57 Å². The van der Waals surface area contributed by atoms with E-state index >= 15 is 0 Å². The highest BCUT2D eigenvalue weighted by molar-refractivity contribution is 7.23. The van der Waals surface area contributed by atoms with Gasteiger partial charge in [-0.2, -0.15) is 0 Å². The van der Waals surface area contributed by atoms with E-state index in [1.807, 2.05) is 0 Å². The van der Waals surface area contributed by atoms with Crippen LogP contribution in [-0.2, 0) is 4.57 Å². The molecule has 2 aliphatic rings. The minimum atomic E-state index is -0.130. The monoisotopic (exact) mass is 159 g/mol. The van der Waals surface area contributed by atoms with Crippen LogP contribution in [0.1, 0.15) is 0 Å². The highest BCUT2D eigenvalue weighted by Gasteiger charge is 2.38. The summed E-state index contributed by atoms with van der Waals surface area (Å²) in [4.78, 5) is 4.75. The molecule has 2 fully saturated rings. The Bertz CT molecular complexity index is 133. The Morgan fingerprint density at radius 1 is 1.20 bits per heavy atom. The van der Waals surface area contributed by atoms with Gasteiger partial charge in [0.2, 0.25) is 0 Å². The first-order valence-corrected chi connectivity index (χ1v) is 4.86. The Morgan fingerprint density at radius 2 is 1.70 bits per heavy atom. The maximum atomic E-state index is 10.4. The molecule has 2 heterocycles. The van der Waals surface area contributed by atoms with Crippen LogP contribution in [0.5, 0.6) is 0 Å². The van der Waals surface area contributed by atoms with Crippen molar-refractivity contribution in [2.75, 3.05) is 32.3 Å². The van der Waals surface area contributed by atoms with E-state index in [0.29, 0.717) is 6.17 Å². The molecule has 0 aliphatic carbocycles. The van der Waals surface area contributed by atoms with Gasteiger partial charge in [0.05, 0.1) is 0 Å². The number of nitrogens with zero attached hydrogens (tertiary/aromatic N) is 2. The smallest absolute Gasteiger partial charge is 0.282 e. The second-order valence-electron chi connectivity index (χ2n) is 2.90. The van der Waals surface area contributed by atoms with Crippen LogP contribution in [-0.4, -0.2) is 48.3 Å². The van der Waals surface area contributed by atoms with Crippen molar-refractivity contribution in [3.63, 3.8) is 0 Å². The minimum Gasteiger partial charge on any atom is -0.282 e. The summed E-state index contributed by atoms with van der Waals surface area (Å²) >= 11 is 0. The first kappa shape index (κ1) is 6.71. The Balaban J connectivity index is 1.85. The summed E-state index contributed by atoms with van der Waals surface area (Å²) in [5.41, 5.74) is 0.